The summed E-state index contributed by atoms with van der Waals surface area (Å²) in [6.45, 7) is 4.27. The van der Waals surface area contributed by atoms with Crippen LogP contribution in [0.3, 0.4) is 0 Å². The van der Waals surface area contributed by atoms with E-state index in [0.29, 0.717) is 46.1 Å². The number of allylic oxidation sites excluding steroid dienone is 2. The lowest BCUT2D eigenvalue weighted by molar-refractivity contribution is -0.124. The van der Waals surface area contributed by atoms with E-state index in [1.165, 1.54) is 14.2 Å². The monoisotopic (exact) mass is 504 g/mol. The maximum Gasteiger partial charge on any atom is 0.338 e. The fourth-order valence-corrected chi connectivity index (χ4v) is 5.94. The highest BCUT2D eigenvalue weighted by Gasteiger charge is 2.59. The summed E-state index contributed by atoms with van der Waals surface area (Å²) in [5.41, 5.74) is 1.49. The van der Waals surface area contributed by atoms with Gasteiger partial charge in [0, 0.05) is 17.0 Å². The molecule has 1 unspecified atom stereocenters. The Balaban J connectivity index is 1.59. The number of ether oxygens (including phenoxy) is 6. The highest BCUT2D eigenvalue weighted by Crippen LogP contribution is 2.61. The minimum atomic E-state index is -1.16. The first-order chi connectivity index (χ1) is 17.9. The number of hydrogen-bond donors (Lipinski definition) is 0. The Kier molecular flexibility index (Phi) is 5.44. The van der Waals surface area contributed by atoms with Gasteiger partial charge in [-0.05, 0) is 42.2 Å². The lowest BCUT2D eigenvalue weighted by Crippen LogP contribution is -2.46. The lowest BCUT2D eigenvalue weighted by Gasteiger charge is -2.41. The van der Waals surface area contributed by atoms with Crippen molar-refractivity contribution in [1.29, 1.82) is 0 Å². The Labute approximate surface area is 214 Å². The SMILES string of the molecule is COC1=C(OC)C(=O)C23COc4c5c(cc(c42)[C@@H](OC(=O)c2ccccc2)[C@H](C)[C@H](C)CC3=C1)OCO5. The zero-order valence-corrected chi connectivity index (χ0v) is 21.2. The number of benzene rings is 2. The van der Waals surface area contributed by atoms with Crippen LogP contribution < -0.4 is 14.2 Å². The minimum absolute atomic E-state index is 0.0374. The van der Waals surface area contributed by atoms with E-state index in [1.54, 1.807) is 24.3 Å². The highest BCUT2D eigenvalue weighted by molar-refractivity contribution is 6.08. The van der Waals surface area contributed by atoms with Crippen molar-refractivity contribution in [3.63, 3.8) is 0 Å². The van der Waals surface area contributed by atoms with Crippen LogP contribution in [0.5, 0.6) is 17.2 Å². The van der Waals surface area contributed by atoms with Crippen molar-refractivity contribution in [3.8, 4) is 17.2 Å². The van der Waals surface area contributed by atoms with Gasteiger partial charge in [0.1, 0.15) is 18.1 Å². The fraction of sp³-hybridized carbons (Fsp3) is 0.379. The Morgan fingerprint density at radius 2 is 1.81 bits per heavy atom. The molecule has 4 atom stereocenters. The van der Waals surface area contributed by atoms with Gasteiger partial charge in [-0.25, -0.2) is 4.79 Å². The van der Waals surface area contributed by atoms with E-state index in [1.807, 2.05) is 18.2 Å². The van der Waals surface area contributed by atoms with Gasteiger partial charge in [0.2, 0.25) is 24.1 Å². The molecule has 2 aliphatic carbocycles. The lowest BCUT2D eigenvalue weighted by atomic mass is 9.62. The molecule has 6 rings (SSSR count). The third-order valence-corrected chi connectivity index (χ3v) is 8.07. The molecule has 2 aliphatic heterocycles. The number of esters is 1. The minimum Gasteiger partial charge on any atom is -0.493 e. The van der Waals surface area contributed by atoms with Gasteiger partial charge in [-0.3, -0.25) is 4.79 Å². The van der Waals surface area contributed by atoms with E-state index in [4.69, 9.17) is 28.4 Å². The van der Waals surface area contributed by atoms with Crippen LogP contribution >= 0.6 is 0 Å². The molecule has 192 valence electrons. The molecule has 1 spiro atoms. The van der Waals surface area contributed by atoms with Crippen molar-refractivity contribution in [3.05, 3.63) is 76.3 Å². The Hall–Kier alpha value is -3.94. The smallest absolute Gasteiger partial charge is 0.338 e. The predicted octanol–water partition coefficient (Wildman–Crippen LogP) is 4.63. The molecule has 2 aromatic carbocycles. The number of ketones is 1. The van der Waals surface area contributed by atoms with Crippen molar-refractivity contribution in [2.75, 3.05) is 27.6 Å². The Morgan fingerprint density at radius 1 is 1.03 bits per heavy atom. The number of hydrogen-bond acceptors (Lipinski definition) is 8. The van der Waals surface area contributed by atoms with E-state index in [0.717, 1.165) is 5.57 Å². The van der Waals surface area contributed by atoms with Crippen LogP contribution in [0.15, 0.2) is 59.6 Å². The molecule has 0 N–H and O–H groups in total. The molecule has 8 nitrogen and oxygen atoms in total. The second kappa shape index (κ2) is 8.57. The predicted molar refractivity (Wildman–Crippen MR) is 131 cm³/mol. The van der Waals surface area contributed by atoms with E-state index < -0.39 is 17.5 Å². The van der Waals surface area contributed by atoms with E-state index in [2.05, 4.69) is 13.8 Å². The number of carbonyl (C=O) groups is 2. The largest absolute Gasteiger partial charge is 0.493 e. The Morgan fingerprint density at radius 3 is 2.54 bits per heavy atom. The molecule has 0 saturated carbocycles. The zero-order chi connectivity index (χ0) is 25.9. The third kappa shape index (κ3) is 3.27. The molecule has 0 amide bonds. The molecule has 0 fully saturated rings. The van der Waals surface area contributed by atoms with Gasteiger partial charge in [0.05, 0.1) is 19.8 Å². The molecule has 37 heavy (non-hydrogen) atoms. The van der Waals surface area contributed by atoms with E-state index in [9.17, 15) is 9.59 Å². The maximum absolute atomic E-state index is 14.2. The zero-order valence-electron chi connectivity index (χ0n) is 21.2. The molecule has 0 saturated heterocycles. The van der Waals surface area contributed by atoms with Crippen LogP contribution in [-0.4, -0.2) is 39.4 Å². The average Bonchev–Trinajstić information content (AvgIpc) is 3.54. The van der Waals surface area contributed by atoms with Crippen LogP contribution in [0, 0.1) is 11.8 Å². The summed E-state index contributed by atoms with van der Waals surface area (Å²) in [7, 11) is 2.98. The van der Waals surface area contributed by atoms with Crippen LogP contribution in [-0.2, 0) is 24.4 Å². The van der Waals surface area contributed by atoms with Crippen molar-refractivity contribution < 1.29 is 38.0 Å². The van der Waals surface area contributed by atoms with E-state index in [-0.39, 0.29) is 36.8 Å². The van der Waals surface area contributed by atoms with Gasteiger partial charge < -0.3 is 28.4 Å². The molecule has 2 heterocycles. The first kappa shape index (κ1) is 23.5. The molecule has 8 heteroatoms. The van der Waals surface area contributed by atoms with Crippen LogP contribution in [0.25, 0.3) is 0 Å². The van der Waals surface area contributed by atoms with Gasteiger partial charge in [-0.15, -0.1) is 0 Å². The first-order valence-electron chi connectivity index (χ1n) is 12.3. The summed E-state index contributed by atoms with van der Waals surface area (Å²) in [6, 6.07) is 10.7. The van der Waals surface area contributed by atoms with Crippen LogP contribution in [0.2, 0.25) is 0 Å². The normalized spacial score (nSPS) is 27.3. The van der Waals surface area contributed by atoms with Crippen LogP contribution in [0.4, 0.5) is 0 Å². The van der Waals surface area contributed by atoms with Gasteiger partial charge in [-0.2, -0.15) is 0 Å². The Bertz CT molecular complexity index is 1360. The number of Topliss-reactive ketones (excluding diaryl/α,β-unsaturated/α-hetero) is 1. The molecule has 0 radical (unpaired) electrons. The summed E-state index contributed by atoms with van der Waals surface area (Å²) in [5, 5.41) is 0. The summed E-state index contributed by atoms with van der Waals surface area (Å²) < 4.78 is 35.1. The third-order valence-electron chi connectivity index (χ3n) is 8.07. The molecule has 0 bridgehead atoms. The second-order valence-electron chi connectivity index (χ2n) is 9.93. The fourth-order valence-electron chi connectivity index (χ4n) is 5.94. The number of fused-ring (bicyclic) bond motifs is 2. The maximum atomic E-state index is 14.2. The summed E-state index contributed by atoms with van der Waals surface area (Å²) in [5.74, 6) is 1.19. The van der Waals surface area contributed by atoms with Crippen molar-refractivity contribution in [2.24, 2.45) is 11.8 Å². The standard InChI is InChI=1S/C29H28O8/c1-15-10-18-11-20(32-3)25(33-4)27(30)29(18)13-34-26-22(29)19(12-21-24(26)36-14-35-21)23(16(15)2)37-28(31)17-8-6-5-7-9-17/h5-9,11-12,15-16,23H,10,13-14H2,1-4H3/t15-,16-,23+,29?/m1/s1. The average molecular weight is 505 g/mol. The summed E-state index contributed by atoms with van der Waals surface area (Å²) >= 11 is 0. The second-order valence-corrected chi connectivity index (χ2v) is 9.93. The van der Waals surface area contributed by atoms with Gasteiger partial charge in [0.15, 0.2) is 17.3 Å². The summed E-state index contributed by atoms with van der Waals surface area (Å²) in [4.78, 5) is 27.5. The van der Waals surface area contributed by atoms with Gasteiger partial charge in [-0.1, -0.05) is 32.0 Å². The number of methoxy groups -OCH3 is 2. The molecule has 4 aliphatic rings. The number of carbonyl (C=O) groups excluding carboxylic acids is 2. The van der Waals surface area contributed by atoms with Gasteiger partial charge in [0.25, 0.3) is 0 Å². The first-order valence-corrected chi connectivity index (χ1v) is 12.3. The topological polar surface area (TPSA) is 89.5 Å². The van der Waals surface area contributed by atoms with Crippen LogP contribution in [0.1, 0.15) is 47.9 Å². The molecule has 0 aromatic heterocycles. The quantitative estimate of drug-likeness (QED) is 0.557. The molecular formula is C29H28O8. The molecule has 2 aromatic rings. The number of rotatable bonds is 4. The van der Waals surface area contributed by atoms with Gasteiger partial charge >= 0.3 is 5.97 Å². The summed E-state index contributed by atoms with van der Waals surface area (Å²) in [6.07, 6.45) is 1.82. The highest BCUT2D eigenvalue weighted by atomic mass is 16.7. The van der Waals surface area contributed by atoms with Crippen molar-refractivity contribution in [1.82, 2.24) is 0 Å². The van der Waals surface area contributed by atoms with Crippen molar-refractivity contribution >= 4 is 11.8 Å². The molecular weight excluding hydrogens is 476 g/mol. The van der Waals surface area contributed by atoms with E-state index >= 15 is 0 Å². The van der Waals surface area contributed by atoms with Crippen molar-refractivity contribution in [2.45, 2.75) is 31.8 Å².